The highest BCUT2D eigenvalue weighted by Gasteiger charge is 2.50. The van der Waals surface area contributed by atoms with Crippen molar-refractivity contribution in [3.63, 3.8) is 0 Å². The minimum Gasteiger partial charge on any atom is -0.507 e. The van der Waals surface area contributed by atoms with Crippen molar-refractivity contribution < 1.29 is 48.7 Å². The Kier molecular flexibility index (Phi) is 5.78. The third kappa shape index (κ3) is 3.82. The maximum absolute atomic E-state index is 13.8. The first-order valence-electron chi connectivity index (χ1n) is 13.6. The van der Waals surface area contributed by atoms with E-state index in [4.69, 9.17) is 18.9 Å². The Balaban J connectivity index is 1.24. The van der Waals surface area contributed by atoms with Crippen LogP contribution in [0.2, 0.25) is 0 Å². The molecule has 0 amide bonds. The Morgan fingerprint density at radius 2 is 1.51 bits per heavy atom. The van der Waals surface area contributed by atoms with Crippen LogP contribution in [0, 0.1) is 6.92 Å². The molecule has 0 unspecified atom stereocenters. The average Bonchev–Trinajstić information content (AvgIpc) is 2.92. The van der Waals surface area contributed by atoms with Crippen molar-refractivity contribution in [2.24, 2.45) is 0 Å². The maximum Gasteiger partial charge on any atom is 0.198 e. The van der Waals surface area contributed by atoms with Gasteiger partial charge in [-0.2, -0.15) is 0 Å². The Hall–Kier alpha value is -3.83. The topological polar surface area (TPSA) is 149 Å². The van der Waals surface area contributed by atoms with Crippen LogP contribution in [0.3, 0.4) is 0 Å². The summed E-state index contributed by atoms with van der Waals surface area (Å²) in [6, 6.07) is 7.49. The Labute approximate surface area is 234 Å². The first-order chi connectivity index (χ1) is 19.5. The number of aromatic hydroxyl groups is 3. The summed E-state index contributed by atoms with van der Waals surface area (Å²) in [7, 11) is 0. The van der Waals surface area contributed by atoms with Crippen LogP contribution >= 0.6 is 0 Å². The zero-order valence-corrected chi connectivity index (χ0v) is 22.5. The van der Waals surface area contributed by atoms with Crippen molar-refractivity contribution in [3.8, 4) is 17.2 Å². The molecule has 0 bridgehead atoms. The van der Waals surface area contributed by atoms with Crippen molar-refractivity contribution in [2.45, 2.75) is 76.5 Å². The normalized spacial score (nSPS) is 30.9. The van der Waals surface area contributed by atoms with Gasteiger partial charge in [-0.25, -0.2) is 0 Å². The molecular weight excluding hydrogens is 532 g/mol. The predicted octanol–water partition coefficient (Wildman–Crippen LogP) is 3.75. The van der Waals surface area contributed by atoms with Crippen molar-refractivity contribution >= 4 is 28.1 Å². The summed E-state index contributed by atoms with van der Waals surface area (Å²) in [4.78, 5) is 39.5. The van der Waals surface area contributed by atoms with Gasteiger partial charge in [0.25, 0.3) is 0 Å². The number of fused-ring (bicyclic) bond motifs is 5. The third-order valence-corrected chi connectivity index (χ3v) is 8.64. The molecule has 3 heterocycles. The van der Waals surface area contributed by atoms with Gasteiger partial charge < -0.3 is 34.3 Å². The van der Waals surface area contributed by atoms with E-state index in [1.807, 2.05) is 6.92 Å². The van der Waals surface area contributed by atoms with Crippen molar-refractivity contribution in [2.75, 3.05) is 0 Å². The van der Waals surface area contributed by atoms with E-state index < -0.39 is 66.0 Å². The number of benzene rings is 3. The number of hydrogen-bond acceptors (Lipinski definition) is 10. The molecule has 212 valence electrons. The minimum atomic E-state index is -0.697. The van der Waals surface area contributed by atoms with Crippen molar-refractivity contribution in [3.05, 3.63) is 63.7 Å². The van der Waals surface area contributed by atoms with E-state index in [1.54, 1.807) is 19.9 Å². The quantitative estimate of drug-likeness (QED) is 0.314. The van der Waals surface area contributed by atoms with Crippen molar-refractivity contribution in [1.29, 1.82) is 0 Å². The van der Waals surface area contributed by atoms with E-state index in [2.05, 4.69) is 0 Å². The lowest BCUT2D eigenvalue weighted by molar-refractivity contribution is -0.347. The smallest absolute Gasteiger partial charge is 0.198 e. The highest BCUT2D eigenvalue weighted by atomic mass is 16.7. The van der Waals surface area contributed by atoms with Gasteiger partial charge in [-0.3, -0.25) is 14.4 Å². The number of carbonyl (C=O) groups is 3. The SMILES string of the molecule is Cc1cc(O)c2cc3c(c(O)c2c1)C(=O)c1ccc([C@H]2C[C@H]4O[C@H]5CC(=O)[C@H](C)O[C@H]5O[C@@H]4[C@@H](C)O2)c(O)c1C3=O. The number of ether oxygens (including phenoxy) is 4. The molecule has 10 heteroatoms. The molecular formula is C31H28O10. The van der Waals surface area contributed by atoms with Gasteiger partial charge in [-0.05, 0) is 50.6 Å². The number of phenols is 3. The zero-order chi connectivity index (χ0) is 28.9. The van der Waals surface area contributed by atoms with Crippen LogP contribution in [-0.2, 0) is 23.7 Å². The first kappa shape index (κ1) is 26.1. The Morgan fingerprint density at radius 3 is 2.29 bits per heavy atom. The summed E-state index contributed by atoms with van der Waals surface area (Å²) >= 11 is 0. The number of hydrogen-bond donors (Lipinski definition) is 3. The molecule has 3 aromatic rings. The first-order valence-corrected chi connectivity index (χ1v) is 13.6. The van der Waals surface area contributed by atoms with Gasteiger partial charge in [0.2, 0.25) is 0 Å². The summed E-state index contributed by atoms with van der Waals surface area (Å²) in [6.07, 6.45) is -3.46. The monoisotopic (exact) mass is 560 g/mol. The molecule has 0 spiro atoms. The van der Waals surface area contributed by atoms with Gasteiger partial charge in [0.15, 0.2) is 23.6 Å². The molecule has 41 heavy (non-hydrogen) atoms. The van der Waals surface area contributed by atoms with E-state index in [9.17, 15) is 29.7 Å². The van der Waals surface area contributed by atoms with Gasteiger partial charge in [0.1, 0.15) is 35.6 Å². The molecule has 10 nitrogen and oxygen atoms in total. The number of rotatable bonds is 1. The zero-order valence-electron chi connectivity index (χ0n) is 22.5. The van der Waals surface area contributed by atoms with E-state index in [0.29, 0.717) is 11.1 Å². The van der Waals surface area contributed by atoms with Crippen LogP contribution in [0.4, 0.5) is 0 Å². The highest BCUT2D eigenvalue weighted by Crippen LogP contribution is 2.47. The number of ketones is 3. The second kappa shape index (κ2) is 9.09. The summed E-state index contributed by atoms with van der Waals surface area (Å²) in [5.41, 5.74) is 0.472. The number of Topliss-reactive ketones (excluding diaryl/α,β-unsaturated/α-hetero) is 1. The molecule has 7 atom stereocenters. The van der Waals surface area contributed by atoms with Gasteiger partial charge in [-0.15, -0.1) is 0 Å². The van der Waals surface area contributed by atoms with E-state index in [0.717, 1.165) is 0 Å². The highest BCUT2D eigenvalue weighted by molar-refractivity contribution is 6.32. The molecule has 0 radical (unpaired) electrons. The van der Waals surface area contributed by atoms with Crippen LogP contribution < -0.4 is 0 Å². The fourth-order valence-electron chi connectivity index (χ4n) is 6.58. The summed E-state index contributed by atoms with van der Waals surface area (Å²) in [5, 5.41) is 33.4. The largest absolute Gasteiger partial charge is 0.507 e. The lowest BCUT2D eigenvalue weighted by Gasteiger charge is -2.49. The lowest BCUT2D eigenvalue weighted by atomic mass is 9.79. The summed E-state index contributed by atoms with van der Waals surface area (Å²) < 4.78 is 24.3. The molecule has 4 aliphatic rings. The average molecular weight is 561 g/mol. The van der Waals surface area contributed by atoms with Gasteiger partial charge >= 0.3 is 0 Å². The van der Waals surface area contributed by atoms with Crippen LogP contribution in [0.5, 0.6) is 17.2 Å². The number of phenolic OH excluding ortho intramolecular Hbond substituents is 3. The Bertz CT molecular complexity index is 1680. The Morgan fingerprint density at radius 1 is 0.780 bits per heavy atom. The number of carbonyl (C=O) groups excluding carboxylic acids is 3. The molecule has 3 fully saturated rings. The molecule has 0 aromatic heterocycles. The fraction of sp³-hybridized carbons (Fsp3) is 0.387. The second-order valence-corrected chi connectivity index (χ2v) is 11.3. The minimum absolute atomic E-state index is 0.0379. The standard InChI is InChI=1S/C31H28O10/c1-11-6-17-16(20(33)7-11)8-18-25(28(17)36)27(35)15-5-4-14(26(34)24(15)29(18)37)21-10-22-30(13(3)38-21)41-31-23(40-22)9-19(32)12(2)39-31/h4-8,12-13,21-23,30-31,33-34,36H,9-10H2,1-3H3/t12-,13+,21+,22+,23-,30+,31-/m0/s1. The summed E-state index contributed by atoms with van der Waals surface area (Å²) in [5.74, 6) is -2.26. The molecule has 0 saturated carbocycles. The predicted molar refractivity (Wildman–Crippen MR) is 142 cm³/mol. The lowest BCUT2D eigenvalue weighted by Crippen LogP contribution is -2.60. The van der Waals surface area contributed by atoms with Crippen LogP contribution in [0.25, 0.3) is 10.8 Å². The van der Waals surface area contributed by atoms with E-state index in [-0.39, 0.29) is 57.4 Å². The van der Waals surface area contributed by atoms with Crippen LogP contribution in [0.15, 0.2) is 30.3 Å². The molecule has 7 rings (SSSR count). The van der Waals surface area contributed by atoms with Gasteiger partial charge in [0.05, 0.1) is 29.4 Å². The maximum atomic E-state index is 13.8. The molecule has 3 saturated heterocycles. The van der Waals surface area contributed by atoms with Crippen LogP contribution in [0.1, 0.15) is 75.8 Å². The molecule has 3 aliphatic heterocycles. The molecule has 1 aliphatic carbocycles. The van der Waals surface area contributed by atoms with Crippen LogP contribution in [-0.4, -0.2) is 69.5 Å². The summed E-state index contributed by atoms with van der Waals surface area (Å²) in [6.45, 7) is 5.23. The fourth-order valence-corrected chi connectivity index (χ4v) is 6.58. The van der Waals surface area contributed by atoms with Gasteiger partial charge in [-0.1, -0.05) is 6.07 Å². The third-order valence-electron chi connectivity index (χ3n) is 8.64. The molecule has 3 aromatic carbocycles. The number of aryl methyl sites for hydroxylation is 1. The van der Waals surface area contributed by atoms with Crippen molar-refractivity contribution in [1.82, 2.24) is 0 Å². The van der Waals surface area contributed by atoms with Gasteiger partial charge in [0, 0.05) is 40.3 Å². The molecule has 3 N–H and O–H groups in total. The van der Waals surface area contributed by atoms with E-state index >= 15 is 0 Å². The van der Waals surface area contributed by atoms with E-state index in [1.165, 1.54) is 24.3 Å². The second-order valence-electron chi connectivity index (χ2n) is 11.3.